The zero-order valence-electron chi connectivity index (χ0n) is 25.4. The molecule has 2 amide bonds. The quantitative estimate of drug-likeness (QED) is 0.240. The number of anilines is 3. The molecule has 1 saturated heterocycles. The van der Waals surface area contributed by atoms with Crippen molar-refractivity contribution in [2.75, 3.05) is 41.6 Å². The Morgan fingerprint density at radius 3 is 2.23 bits per heavy atom. The second kappa shape index (κ2) is 13.1. The van der Waals surface area contributed by atoms with Gasteiger partial charge in [0.2, 0.25) is 11.8 Å². The number of hydrogen-bond acceptors (Lipinski definition) is 9. The molecule has 47 heavy (non-hydrogen) atoms. The van der Waals surface area contributed by atoms with Gasteiger partial charge in [-0.1, -0.05) is 6.92 Å². The minimum Gasteiger partial charge on any atom is -0.481 e. The Morgan fingerprint density at radius 1 is 1.04 bits per heavy atom. The minimum atomic E-state index is -5.07. The summed E-state index contributed by atoms with van der Waals surface area (Å²) >= 11 is 0. The van der Waals surface area contributed by atoms with Crippen LogP contribution in [0.1, 0.15) is 55.1 Å². The number of aromatic nitrogens is 3. The van der Waals surface area contributed by atoms with E-state index in [4.69, 9.17) is 14.2 Å². The highest BCUT2D eigenvalue weighted by Gasteiger charge is 2.42. The second-order valence-electron chi connectivity index (χ2n) is 10.7. The van der Waals surface area contributed by atoms with E-state index in [1.807, 2.05) is 6.92 Å². The number of rotatable bonds is 8. The molecule has 1 aromatic carbocycles. The zero-order valence-corrected chi connectivity index (χ0v) is 25.4. The molecule has 2 aliphatic heterocycles. The fourth-order valence-electron chi connectivity index (χ4n) is 5.61. The molecule has 2 atom stereocenters. The number of hydrogen-bond donors (Lipinski definition) is 0. The van der Waals surface area contributed by atoms with E-state index in [1.54, 1.807) is 13.0 Å². The Labute approximate surface area is 265 Å². The molecule has 2 aromatic heterocycles. The predicted octanol–water partition coefficient (Wildman–Crippen LogP) is 6.77. The molecule has 0 saturated carbocycles. The molecule has 0 radical (unpaired) electrons. The number of pyridine rings is 1. The van der Waals surface area contributed by atoms with Crippen LogP contribution < -0.4 is 19.4 Å². The number of nitrogens with zero attached hydrogens (tertiary/aromatic N) is 6. The number of amides is 2. The van der Waals surface area contributed by atoms with Gasteiger partial charge in [0.15, 0.2) is 0 Å². The van der Waals surface area contributed by atoms with Gasteiger partial charge in [-0.15, -0.1) is 0 Å². The van der Waals surface area contributed by atoms with Gasteiger partial charge in [-0.25, -0.2) is 24.5 Å². The third-order valence-corrected chi connectivity index (χ3v) is 7.79. The summed E-state index contributed by atoms with van der Waals surface area (Å²) < 4.78 is 98.5. The van der Waals surface area contributed by atoms with Crippen LogP contribution in [0.4, 0.5) is 53.3 Å². The van der Waals surface area contributed by atoms with E-state index in [0.29, 0.717) is 24.2 Å². The number of carbonyl (C=O) groups excluding carboxylic acids is 2. The number of fused-ring (bicyclic) bond motifs is 1. The van der Waals surface area contributed by atoms with Gasteiger partial charge < -0.3 is 19.1 Å². The molecule has 5 rings (SSSR count). The third kappa shape index (κ3) is 6.97. The number of benzene rings is 1. The Hall–Kier alpha value is -4.83. The summed E-state index contributed by atoms with van der Waals surface area (Å²) in [7, 11) is 1.37. The monoisotopic (exact) mass is 668 g/mol. The second-order valence-corrected chi connectivity index (χ2v) is 10.7. The SMILES string of the molecule is CCOC(=O)N1c2ccc(OC)nc2[C@@H](N(Cc2cc(C(F)(F)F)cc(C(F)(F)F)c2)c2ncc(N3CCOC3=O)cn2)CC1CC. The van der Waals surface area contributed by atoms with Crippen LogP contribution in [0.3, 0.4) is 0 Å². The Balaban J connectivity index is 1.67. The van der Waals surface area contributed by atoms with Crippen molar-refractivity contribution in [2.24, 2.45) is 0 Å². The molecular weight excluding hydrogens is 638 g/mol. The van der Waals surface area contributed by atoms with E-state index in [-0.39, 0.29) is 61.0 Å². The molecule has 4 heterocycles. The number of cyclic esters (lactones) is 1. The lowest BCUT2D eigenvalue weighted by atomic mass is 9.92. The topological polar surface area (TPSA) is 110 Å². The molecule has 17 heteroatoms. The molecule has 1 unspecified atom stereocenters. The maximum atomic E-state index is 13.8. The summed E-state index contributed by atoms with van der Waals surface area (Å²) in [6.45, 7) is 3.42. The summed E-state index contributed by atoms with van der Waals surface area (Å²) in [5, 5.41) is 0. The zero-order chi connectivity index (χ0) is 34.1. The first-order valence-corrected chi connectivity index (χ1v) is 14.6. The van der Waals surface area contributed by atoms with Crippen LogP contribution in [0, 0.1) is 0 Å². The van der Waals surface area contributed by atoms with E-state index in [0.717, 1.165) is 0 Å². The first-order chi connectivity index (χ1) is 22.2. The van der Waals surface area contributed by atoms with Gasteiger partial charge in [-0.3, -0.25) is 9.80 Å². The van der Waals surface area contributed by atoms with Gasteiger partial charge in [0.25, 0.3) is 0 Å². The molecule has 2 aliphatic rings. The molecule has 0 aliphatic carbocycles. The van der Waals surface area contributed by atoms with Crippen molar-refractivity contribution < 1.29 is 50.1 Å². The van der Waals surface area contributed by atoms with Crippen LogP contribution in [0.25, 0.3) is 0 Å². The minimum absolute atomic E-state index is 0.0565. The van der Waals surface area contributed by atoms with Gasteiger partial charge in [-0.2, -0.15) is 26.3 Å². The van der Waals surface area contributed by atoms with Crippen molar-refractivity contribution in [3.8, 4) is 5.88 Å². The number of alkyl halides is 6. The highest BCUT2D eigenvalue weighted by Crippen LogP contribution is 2.44. The first kappa shape index (κ1) is 33.5. The largest absolute Gasteiger partial charge is 0.481 e. The Morgan fingerprint density at radius 2 is 1.70 bits per heavy atom. The summed E-state index contributed by atoms with van der Waals surface area (Å²) in [4.78, 5) is 42.7. The third-order valence-electron chi connectivity index (χ3n) is 7.79. The molecular formula is C30H30F6N6O5. The van der Waals surface area contributed by atoms with E-state index in [1.165, 1.54) is 40.3 Å². The molecule has 252 valence electrons. The van der Waals surface area contributed by atoms with E-state index < -0.39 is 54.3 Å². The van der Waals surface area contributed by atoms with Gasteiger partial charge in [0, 0.05) is 18.7 Å². The van der Waals surface area contributed by atoms with Crippen molar-refractivity contribution in [3.63, 3.8) is 0 Å². The van der Waals surface area contributed by atoms with Crippen molar-refractivity contribution >= 4 is 29.5 Å². The van der Waals surface area contributed by atoms with E-state index in [9.17, 15) is 35.9 Å². The van der Waals surface area contributed by atoms with E-state index in [2.05, 4.69) is 15.0 Å². The lowest BCUT2D eigenvalue weighted by Crippen LogP contribution is -2.48. The summed E-state index contributed by atoms with van der Waals surface area (Å²) in [5.74, 6) is 0.0713. The number of carbonyl (C=O) groups is 2. The fourth-order valence-corrected chi connectivity index (χ4v) is 5.61. The van der Waals surface area contributed by atoms with Crippen molar-refractivity contribution in [3.05, 3.63) is 65.1 Å². The number of ether oxygens (including phenoxy) is 3. The molecule has 3 aromatic rings. The highest BCUT2D eigenvalue weighted by molar-refractivity contribution is 5.90. The molecule has 11 nitrogen and oxygen atoms in total. The molecule has 1 fully saturated rings. The lowest BCUT2D eigenvalue weighted by Gasteiger charge is -2.43. The van der Waals surface area contributed by atoms with Crippen LogP contribution in [-0.4, -0.2) is 60.0 Å². The maximum Gasteiger partial charge on any atom is 0.416 e. The van der Waals surface area contributed by atoms with Crippen molar-refractivity contribution in [2.45, 2.75) is 57.7 Å². The Bertz CT molecular complexity index is 1590. The number of methoxy groups -OCH3 is 1. The van der Waals surface area contributed by atoms with Crippen molar-refractivity contribution in [1.29, 1.82) is 0 Å². The van der Waals surface area contributed by atoms with Crippen molar-refractivity contribution in [1.82, 2.24) is 15.0 Å². The Kier molecular flexibility index (Phi) is 9.36. The standard InChI is InChI=1S/C30H30F6N6O5/c1-4-20-13-23(25-22(6-7-24(39-25)45-3)42(20)28(44)46-5-2)41(26-37-14-21(15-38-26)40-8-9-47-27(40)43)16-17-10-18(29(31,32)33)12-19(11-17)30(34,35)36/h6-7,10-12,14-15,20,23H,4-5,8-9,13,16H2,1-3H3/t20?,23-/m0/s1. The normalized spacial score (nSPS) is 18.1. The fraction of sp³-hybridized carbons (Fsp3) is 0.433. The van der Waals surface area contributed by atoms with Crippen LogP contribution in [-0.2, 0) is 28.4 Å². The lowest BCUT2D eigenvalue weighted by molar-refractivity contribution is -0.143. The maximum absolute atomic E-state index is 13.8. The predicted molar refractivity (Wildman–Crippen MR) is 155 cm³/mol. The van der Waals surface area contributed by atoms with Crippen LogP contribution in [0.5, 0.6) is 5.88 Å². The first-order valence-electron chi connectivity index (χ1n) is 14.6. The van der Waals surface area contributed by atoms with Gasteiger partial charge >= 0.3 is 24.5 Å². The molecule has 0 N–H and O–H groups in total. The van der Waals surface area contributed by atoms with Crippen LogP contribution >= 0.6 is 0 Å². The summed E-state index contributed by atoms with van der Waals surface area (Å²) in [6, 6.07) is 3.05. The summed E-state index contributed by atoms with van der Waals surface area (Å²) in [6.07, 6.45) is -8.26. The van der Waals surface area contributed by atoms with E-state index >= 15 is 0 Å². The van der Waals surface area contributed by atoms with Crippen LogP contribution in [0.15, 0.2) is 42.7 Å². The van der Waals surface area contributed by atoms with Crippen LogP contribution in [0.2, 0.25) is 0 Å². The molecule has 0 bridgehead atoms. The van der Waals surface area contributed by atoms with Gasteiger partial charge in [0.1, 0.15) is 6.61 Å². The highest BCUT2D eigenvalue weighted by atomic mass is 19.4. The average molecular weight is 669 g/mol. The van der Waals surface area contributed by atoms with Gasteiger partial charge in [0.05, 0.1) is 66.9 Å². The smallest absolute Gasteiger partial charge is 0.416 e. The van der Waals surface area contributed by atoms with Gasteiger partial charge in [-0.05, 0) is 49.6 Å². The summed E-state index contributed by atoms with van der Waals surface area (Å²) in [5.41, 5.74) is -2.45. The molecule has 0 spiro atoms. The average Bonchev–Trinajstić information content (AvgIpc) is 3.47. The number of halogens is 6.